The molecule has 7 nitrogen and oxygen atoms in total. The highest BCUT2D eigenvalue weighted by atomic mass is 35.5. The summed E-state index contributed by atoms with van der Waals surface area (Å²) in [5, 5.41) is 0.699. The van der Waals surface area contributed by atoms with Crippen LogP contribution >= 0.6 is 23.2 Å². The Balaban J connectivity index is 1.67. The zero-order chi connectivity index (χ0) is 18.2. The van der Waals surface area contributed by atoms with Crippen molar-refractivity contribution in [3.8, 4) is 0 Å². The van der Waals surface area contributed by atoms with Crippen molar-refractivity contribution in [1.29, 1.82) is 0 Å². The lowest BCUT2D eigenvalue weighted by Crippen LogP contribution is -2.49. The van der Waals surface area contributed by atoms with Gasteiger partial charge in [-0.05, 0) is 18.2 Å². The number of piperazine rings is 1. The maximum atomic E-state index is 12.5. The first-order chi connectivity index (χ1) is 11.8. The van der Waals surface area contributed by atoms with Crippen LogP contribution in [-0.4, -0.2) is 56.6 Å². The number of hydrogen-bond donors (Lipinski definition) is 0. The topological polar surface area (TPSA) is 83.7 Å². The Morgan fingerprint density at radius 2 is 1.88 bits per heavy atom. The average Bonchev–Trinajstić information content (AvgIpc) is 3.05. The maximum absolute atomic E-state index is 12.5. The molecule has 134 valence electrons. The molecule has 3 rings (SSSR count). The fourth-order valence-electron chi connectivity index (χ4n) is 2.55. The van der Waals surface area contributed by atoms with Crippen molar-refractivity contribution in [2.75, 3.05) is 37.3 Å². The highest BCUT2D eigenvalue weighted by Crippen LogP contribution is 2.27. The first-order valence-electron chi connectivity index (χ1n) is 7.41. The second-order valence-corrected chi connectivity index (χ2v) is 8.42. The van der Waals surface area contributed by atoms with Crippen LogP contribution in [0.2, 0.25) is 10.0 Å². The van der Waals surface area contributed by atoms with Crippen molar-refractivity contribution in [2.45, 2.75) is 5.09 Å². The molecule has 0 aliphatic carbocycles. The van der Waals surface area contributed by atoms with E-state index in [1.807, 2.05) is 4.90 Å². The Labute approximate surface area is 155 Å². The number of nitrogens with zero attached hydrogens (tertiary/aromatic N) is 3. The highest BCUT2D eigenvalue weighted by molar-refractivity contribution is 7.90. The van der Waals surface area contributed by atoms with Crippen LogP contribution in [0.3, 0.4) is 0 Å². The van der Waals surface area contributed by atoms with Gasteiger partial charge in [0.1, 0.15) is 5.82 Å². The van der Waals surface area contributed by atoms with E-state index in [0.717, 1.165) is 6.26 Å². The fraction of sp³-hybridized carbons (Fsp3) is 0.333. The Bertz CT molecular complexity index is 905. The number of carbonyl (C=O) groups is 1. The molecule has 1 amide bonds. The van der Waals surface area contributed by atoms with Crippen LogP contribution in [0.15, 0.2) is 33.9 Å². The van der Waals surface area contributed by atoms with E-state index in [9.17, 15) is 13.2 Å². The molecule has 0 unspecified atom stereocenters. The Kier molecular flexibility index (Phi) is 4.95. The largest absolute Gasteiger partial charge is 0.440 e. The molecule has 0 saturated carbocycles. The fourth-order valence-corrected chi connectivity index (χ4v) is 3.61. The average molecular weight is 404 g/mol. The van der Waals surface area contributed by atoms with Crippen LogP contribution in [0, 0.1) is 0 Å². The number of sulfone groups is 1. The van der Waals surface area contributed by atoms with E-state index in [1.165, 1.54) is 18.3 Å². The van der Waals surface area contributed by atoms with Crippen LogP contribution in [-0.2, 0) is 9.84 Å². The van der Waals surface area contributed by atoms with Gasteiger partial charge in [0, 0.05) is 38.6 Å². The first-order valence-corrected chi connectivity index (χ1v) is 10.1. The van der Waals surface area contributed by atoms with Gasteiger partial charge in [0.2, 0.25) is 14.9 Å². The standard InChI is InChI=1S/C15H15Cl2N3O4S/c1-25(22,23)13-3-2-12(24-13)15(21)20-6-4-19(5-7-20)14-11(17)8-10(16)9-18-14/h2-3,8-9H,4-7H2,1H3. The van der Waals surface area contributed by atoms with Crippen LogP contribution in [0.25, 0.3) is 0 Å². The summed E-state index contributed by atoms with van der Waals surface area (Å²) in [6, 6.07) is 4.29. The van der Waals surface area contributed by atoms with Gasteiger partial charge in [-0.25, -0.2) is 13.4 Å². The van der Waals surface area contributed by atoms with E-state index in [2.05, 4.69) is 4.98 Å². The van der Waals surface area contributed by atoms with Gasteiger partial charge < -0.3 is 14.2 Å². The van der Waals surface area contributed by atoms with Crippen LogP contribution < -0.4 is 4.90 Å². The van der Waals surface area contributed by atoms with Crippen molar-refractivity contribution in [3.05, 3.63) is 40.2 Å². The Morgan fingerprint density at radius 1 is 1.20 bits per heavy atom. The van der Waals surface area contributed by atoms with Gasteiger partial charge in [-0.3, -0.25) is 4.79 Å². The van der Waals surface area contributed by atoms with E-state index in [1.54, 1.807) is 11.0 Å². The SMILES string of the molecule is CS(=O)(=O)c1ccc(C(=O)N2CCN(c3ncc(Cl)cc3Cl)CC2)o1. The van der Waals surface area contributed by atoms with Gasteiger partial charge in [0.15, 0.2) is 5.76 Å². The molecule has 0 aromatic carbocycles. The normalized spacial score (nSPS) is 15.5. The minimum absolute atomic E-state index is 0.0107. The van der Waals surface area contributed by atoms with Gasteiger partial charge >= 0.3 is 0 Å². The van der Waals surface area contributed by atoms with E-state index >= 15 is 0 Å². The molecule has 1 fully saturated rings. The van der Waals surface area contributed by atoms with Crippen LogP contribution in [0.5, 0.6) is 0 Å². The molecular weight excluding hydrogens is 389 g/mol. The lowest BCUT2D eigenvalue weighted by atomic mass is 10.2. The third-order valence-electron chi connectivity index (χ3n) is 3.81. The van der Waals surface area contributed by atoms with E-state index < -0.39 is 9.84 Å². The van der Waals surface area contributed by atoms with Crippen molar-refractivity contribution < 1.29 is 17.6 Å². The summed E-state index contributed by atoms with van der Waals surface area (Å²) >= 11 is 12.0. The Hall–Kier alpha value is -1.77. The highest BCUT2D eigenvalue weighted by Gasteiger charge is 2.26. The molecule has 0 radical (unpaired) electrons. The van der Waals surface area contributed by atoms with E-state index in [-0.39, 0.29) is 16.8 Å². The summed E-state index contributed by atoms with van der Waals surface area (Å²) in [6.45, 7) is 1.96. The van der Waals surface area contributed by atoms with Gasteiger partial charge in [0.05, 0.1) is 10.0 Å². The molecule has 25 heavy (non-hydrogen) atoms. The quantitative estimate of drug-likeness (QED) is 0.781. The first kappa shape index (κ1) is 18.0. The zero-order valence-electron chi connectivity index (χ0n) is 13.3. The molecule has 1 aliphatic rings. The van der Waals surface area contributed by atoms with Gasteiger partial charge in [-0.2, -0.15) is 0 Å². The molecule has 2 aromatic heterocycles. The number of rotatable bonds is 3. The monoisotopic (exact) mass is 403 g/mol. The molecular formula is C15H15Cl2N3O4S. The van der Waals surface area contributed by atoms with Gasteiger partial charge in [0.25, 0.3) is 5.91 Å². The van der Waals surface area contributed by atoms with Crippen molar-refractivity contribution in [1.82, 2.24) is 9.88 Å². The molecule has 1 saturated heterocycles. The lowest BCUT2D eigenvalue weighted by Gasteiger charge is -2.35. The van der Waals surface area contributed by atoms with Crippen LogP contribution in [0.1, 0.15) is 10.6 Å². The summed E-state index contributed by atoms with van der Waals surface area (Å²) in [5.74, 6) is 0.289. The molecule has 2 aromatic rings. The maximum Gasteiger partial charge on any atom is 0.289 e. The van der Waals surface area contributed by atoms with E-state index in [0.29, 0.717) is 42.0 Å². The second-order valence-electron chi connectivity index (χ2n) is 5.63. The predicted octanol–water partition coefficient (Wildman–Crippen LogP) is 2.35. The minimum atomic E-state index is -3.48. The second kappa shape index (κ2) is 6.86. The predicted molar refractivity (Wildman–Crippen MR) is 94.2 cm³/mol. The molecule has 0 spiro atoms. The molecule has 10 heteroatoms. The smallest absolute Gasteiger partial charge is 0.289 e. The number of carbonyl (C=O) groups excluding carboxylic acids is 1. The van der Waals surface area contributed by atoms with Gasteiger partial charge in [-0.15, -0.1) is 0 Å². The third kappa shape index (κ3) is 3.91. The van der Waals surface area contributed by atoms with Crippen molar-refractivity contribution >= 4 is 44.8 Å². The van der Waals surface area contributed by atoms with Gasteiger partial charge in [-0.1, -0.05) is 23.2 Å². The number of pyridine rings is 1. The number of amides is 1. The number of hydrogen-bond acceptors (Lipinski definition) is 6. The van der Waals surface area contributed by atoms with Crippen LogP contribution in [0.4, 0.5) is 5.82 Å². The van der Waals surface area contributed by atoms with Crippen molar-refractivity contribution in [3.63, 3.8) is 0 Å². The van der Waals surface area contributed by atoms with Crippen molar-refractivity contribution in [2.24, 2.45) is 0 Å². The molecule has 1 aliphatic heterocycles. The number of aromatic nitrogens is 1. The number of halogens is 2. The number of anilines is 1. The molecule has 0 N–H and O–H groups in total. The summed E-state index contributed by atoms with van der Waals surface area (Å²) in [5.41, 5.74) is 0. The number of furan rings is 1. The summed E-state index contributed by atoms with van der Waals surface area (Å²) < 4.78 is 28.1. The summed E-state index contributed by atoms with van der Waals surface area (Å²) in [6.07, 6.45) is 2.55. The third-order valence-corrected chi connectivity index (χ3v) is 5.25. The molecule has 0 bridgehead atoms. The molecule has 3 heterocycles. The summed E-state index contributed by atoms with van der Waals surface area (Å²) in [7, 11) is -3.48. The summed E-state index contributed by atoms with van der Waals surface area (Å²) in [4.78, 5) is 20.3. The lowest BCUT2D eigenvalue weighted by molar-refractivity contribution is 0.0708. The minimum Gasteiger partial charge on any atom is -0.440 e. The van der Waals surface area contributed by atoms with E-state index in [4.69, 9.17) is 27.6 Å². The Morgan fingerprint density at radius 3 is 2.44 bits per heavy atom. The zero-order valence-corrected chi connectivity index (χ0v) is 15.6. The molecule has 0 atom stereocenters.